The van der Waals surface area contributed by atoms with Crippen LogP contribution in [0.15, 0.2) is 73.1 Å². The molecular weight excluding hydrogens is 360 g/mol. The van der Waals surface area contributed by atoms with E-state index in [1.54, 1.807) is 12.4 Å². The zero-order valence-electron chi connectivity index (χ0n) is 16.5. The highest BCUT2D eigenvalue weighted by Gasteiger charge is 2.21. The van der Waals surface area contributed by atoms with Gasteiger partial charge in [0.05, 0.1) is 5.69 Å². The van der Waals surface area contributed by atoms with Gasteiger partial charge in [-0.15, -0.1) is 0 Å². The highest BCUT2D eigenvalue weighted by atomic mass is 16.2. The highest BCUT2D eigenvalue weighted by molar-refractivity contribution is 5.92. The SMILES string of the molecule is Cc1ccc(/C=C/C(=O)N2CCN(c3cc(-c4ccccc4)ncn3)CC2)cc1. The fourth-order valence-electron chi connectivity index (χ4n) is 3.39. The van der Waals surface area contributed by atoms with Crippen molar-refractivity contribution in [3.05, 3.63) is 84.2 Å². The molecule has 0 aliphatic carbocycles. The Bertz CT molecular complexity index is 991. The topological polar surface area (TPSA) is 49.3 Å². The number of rotatable bonds is 4. The lowest BCUT2D eigenvalue weighted by atomic mass is 10.1. The first-order chi connectivity index (χ1) is 14.2. The number of aryl methyl sites for hydroxylation is 1. The van der Waals surface area contributed by atoms with Crippen molar-refractivity contribution in [2.75, 3.05) is 31.1 Å². The molecule has 2 aromatic carbocycles. The monoisotopic (exact) mass is 384 g/mol. The molecule has 146 valence electrons. The number of amides is 1. The molecule has 1 aromatic heterocycles. The van der Waals surface area contributed by atoms with Gasteiger partial charge >= 0.3 is 0 Å². The van der Waals surface area contributed by atoms with E-state index < -0.39 is 0 Å². The molecule has 0 saturated carbocycles. The number of carbonyl (C=O) groups excluding carboxylic acids is 1. The number of hydrogen-bond acceptors (Lipinski definition) is 4. The van der Waals surface area contributed by atoms with E-state index in [1.807, 2.05) is 71.6 Å². The lowest BCUT2D eigenvalue weighted by Gasteiger charge is -2.35. The standard InChI is InChI=1S/C24H24N4O/c1-19-7-9-20(10-8-19)11-12-24(29)28-15-13-27(14-16-28)23-17-22(25-18-26-23)21-5-3-2-4-6-21/h2-12,17-18H,13-16H2,1H3/b12-11+. The molecule has 5 nitrogen and oxygen atoms in total. The van der Waals surface area contributed by atoms with Crippen LogP contribution in [0.4, 0.5) is 5.82 Å². The molecule has 1 aliphatic heterocycles. The number of carbonyl (C=O) groups is 1. The Balaban J connectivity index is 1.37. The number of hydrogen-bond donors (Lipinski definition) is 0. The van der Waals surface area contributed by atoms with Gasteiger partial charge in [-0.3, -0.25) is 4.79 Å². The van der Waals surface area contributed by atoms with E-state index in [0.717, 1.165) is 35.7 Å². The summed E-state index contributed by atoms with van der Waals surface area (Å²) in [6, 6.07) is 20.3. The Morgan fingerprint density at radius 1 is 0.931 bits per heavy atom. The first kappa shape index (κ1) is 18.9. The summed E-state index contributed by atoms with van der Waals surface area (Å²) in [5.41, 5.74) is 4.24. The van der Waals surface area contributed by atoms with Crippen LogP contribution in [0.2, 0.25) is 0 Å². The third-order valence-corrected chi connectivity index (χ3v) is 5.13. The number of anilines is 1. The van der Waals surface area contributed by atoms with E-state index in [9.17, 15) is 4.79 Å². The highest BCUT2D eigenvalue weighted by Crippen LogP contribution is 2.21. The summed E-state index contributed by atoms with van der Waals surface area (Å²) in [5.74, 6) is 0.957. The molecule has 1 fully saturated rings. The van der Waals surface area contributed by atoms with Crippen LogP contribution in [0.3, 0.4) is 0 Å². The fourth-order valence-corrected chi connectivity index (χ4v) is 3.39. The van der Waals surface area contributed by atoms with Gasteiger partial charge in [0.15, 0.2) is 0 Å². The van der Waals surface area contributed by atoms with Crippen LogP contribution < -0.4 is 4.90 Å². The molecule has 4 rings (SSSR count). The molecule has 29 heavy (non-hydrogen) atoms. The number of benzene rings is 2. The Labute approximate surface area is 171 Å². The minimum atomic E-state index is 0.0536. The maximum atomic E-state index is 12.5. The van der Waals surface area contributed by atoms with Crippen molar-refractivity contribution in [3.63, 3.8) is 0 Å². The van der Waals surface area contributed by atoms with Gasteiger partial charge in [0.1, 0.15) is 12.1 Å². The minimum Gasteiger partial charge on any atom is -0.353 e. The maximum Gasteiger partial charge on any atom is 0.246 e. The van der Waals surface area contributed by atoms with Crippen molar-refractivity contribution in [1.82, 2.24) is 14.9 Å². The van der Waals surface area contributed by atoms with Gasteiger partial charge in [-0.05, 0) is 18.6 Å². The largest absolute Gasteiger partial charge is 0.353 e. The lowest BCUT2D eigenvalue weighted by molar-refractivity contribution is -0.126. The molecule has 1 amide bonds. The first-order valence-corrected chi connectivity index (χ1v) is 9.85. The smallest absolute Gasteiger partial charge is 0.246 e. The van der Waals surface area contributed by atoms with E-state index in [2.05, 4.69) is 21.8 Å². The predicted octanol–water partition coefficient (Wildman–Crippen LogP) is 3.81. The molecule has 0 atom stereocenters. The molecule has 1 saturated heterocycles. The van der Waals surface area contributed by atoms with Crippen LogP contribution in [0.25, 0.3) is 17.3 Å². The zero-order chi connectivity index (χ0) is 20.1. The summed E-state index contributed by atoms with van der Waals surface area (Å²) in [7, 11) is 0. The van der Waals surface area contributed by atoms with Crippen LogP contribution in [-0.2, 0) is 4.79 Å². The second-order valence-corrected chi connectivity index (χ2v) is 7.18. The van der Waals surface area contributed by atoms with Gasteiger partial charge in [0.2, 0.25) is 5.91 Å². The summed E-state index contributed by atoms with van der Waals surface area (Å²) < 4.78 is 0. The maximum absolute atomic E-state index is 12.5. The molecule has 5 heteroatoms. The van der Waals surface area contributed by atoms with Gasteiger partial charge in [-0.25, -0.2) is 9.97 Å². The van der Waals surface area contributed by atoms with Crippen molar-refractivity contribution in [2.24, 2.45) is 0 Å². The van der Waals surface area contributed by atoms with Crippen molar-refractivity contribution in [2.45, 2.75) is 6.92 Å². The number of piperazine rings is 1. The predicted molar refractivity (Wildman–Crippen MR) is 116 cm³/mol. The van der Waals surface area contributed by atoms with Crippen LogP contribution >= 0.6 is 0 Å². The molecule has 0 radical (unpaired) electrons. The van der Waals surface area contributed by atoms with E-state index in [-0.39, 0.29) is 5.91 Å². The van der Waals surface area contributed by atoms with Gasteiger partial charge in [0.25, 0.3) is 0 Å². The molecule has 1 aliphatic rings. The van der Waals surface area contributed by atoms with E-state index in [4.69, 9.17) is 0 Å². The minimum absolute atomic E-state index is 0.0536. The molecule has 0 bridgehead atoms. The van der Waals surface area contributed by atoms with Crippen molar-refractivity contribution < 1.29 is 4.79 Å². The van der Waals surface area contributed by atoms with Gasteiger partial charge in [-0.1, -0.05) is 60.2 Å². The molecule has 3 aromatic rings. The normalized spacial score (nSPS) is 14.4. The molecule has 0 spiro atoms. The molecule has 0 N–H and O–H groups in total. The van der Waals surface area contributed by atoms with E-state index >= 15 is 0 Å². The number of nitrogens with zero attached hydrogens (tertiary/aromatic N) is 4. The quantitative estimate of drug-likeness (QED) is 0.642. The summed E-state index contributed by atoms with van der Waals surface area (Å²) >= 11 is 0. The van der Waals surface area contributed by atoms with Crippen molar-refractivity contribution in [1.29, 1.82) is 0 Å². The summed E-state index contributed by atoms with van der Waals surface area (Å²) in [6.07, 6.45) is 5.16. The molecular formula is C24H24N4O. The van der Waals surface area contributed by atoms with Gasteiger partial charge < -0.3 is 9.80 Å². The van der Waals surface area contributed by atoms with Crippen molar-refractivity contribution >= 4 is 17.8 Å². The van der Waals surface area contributed by atoms with Crippen molar-refractivity contribution in [3.8, 4) is 11.3 Å². The lowest BCUT2D eigenvalue weighted by Crippen LogP contribution is -2.48. The van der Waals surface area contributed by atoms with Crippen LogP contribution in [0.1, 0.15) is 11.1 Å². The number of aromatic nitrogens is 2. The average Bonchev–Trinajstić information content (AvgIpc) is 2.79. The third kappa shape index (κ3) is 4.69. The second-order valence-electron chi connectivity index (χ2n) is 7.18. The Morgan fingerprint density at radius 2 is 1.66 bits per heavy atom. The van der Waals surface area contributed by atoms with E-state index in [1.165, 1.54) is 5.56 Å². The van der Waals surface area contributed by atoms with Crippen LogP contribution in [-0.4, -0.2) is 47.0 Å². The zero-order valence-corrected chi connectivity index (χ0v) is 16.5. The summed E-state index contributed by atoms with van der Waals surface area (Å²) in [6.45, 7) is 4.94. The third-order valence-electron chi connectivity index (χ3n) is 5.13. The second kappa shape index (κ2) is 8.69. The van der Waals surface area contributed by atoms with Crippen LogP contribution in [0, 0.1) is 6.92 Å². The first-order valence-electron chi connectivity index (χ1n) is 9.85. The van der Waals surface area contributed by atoms with Gasteiger partial charge in [-0.2, -0.15) is 0 Å². The van der Waals surface area contributed by atoms with E-state index in [0.29, 0.717) is 13.1 Å². The summed E-state index contributed by atoms with van der Waals surface area (Å²) in [5, 5.41) is 0. The molecule has 0 unspecified atom stereocenters. The van der Waals surface area contributed by atoms with Crippen LogP contribution in [0.5, 0.6) is 0 Å². The average molecular weight is 384 g/mol. The summed E-state index contributed by atoms with van der Waals surface area (Å²) in [4.78, 5) is 25.4. The molecule has 2 heterocycles. The Morgan fingerprint density at radius 3 is 2.38 bits per heavy atom. The Hall–Kier alpha value is -3.47. The Kier molecular flexibility index (Phi) is 5.66. The van der Waals surface area contributed by atoms with Gasteiger partial charge in [0, 0.05) is 43.9 Å². The fraction of sp³-hybridized carbons (Fsp3) is 0.208.